The number of amides is 1. The highest BCUT2D eigenvalue weighted by atomic mass is 16.3. The van der Waals surface area contributed by atoms with Crippen molar-refractivity contribution in [3.8, 4) is 6.07 Å². The molecule has 2 N–H and O–H groups in total. The Balaban J connectivity index is 1.58. The van der Waals surface area contributed by atoms with Crippen LogP contribution in [0.15, 0.2) is 35.3 Å². The zero-order valence-electron chi connectivity index (χ0n) is 15.2. The molecule has 4 rings (SSSR count). The van der Waals surface area contributed by atoms with Gasteiger partial charge in [-0.15, -0.1) is 0 Å². The third-order valence-corrected chi connectivity index (χ3v) is 6.24. The number of hydrogen-bond donors (Lipinski definition) is 2. The highest BCUT2D eigenvalue weighted by molar-refractivity contribution is 5.96. The molecule has 2 aliphatic rings. The normalized spacial score (nSPS) is 20.3. The second-order valence-electron chi connectivity index (χ2n) is 7.47. The van der Waals surface area contributed by atoms with Crippen LogP contribution < -0.4 is 5.56 Å². The number of hydrogen-bond acceptors (Lipinski definition) is 4. The van der Waals surface area contributed by atoms with Gasteiger partial charge in [0.25, 0.3) is 11.5 Å². The van der Waals surface area contributed by atoms with E-state index in [4.69, 9.17) is 5.26 Å². The van der Waals surface area contributed by atoms with E-state index in [1.54, 1.807) is 11.8 Å². The minimum Gasteiger partial charge on any atom is -0.392 e. The molecule has 0 saturated carbocycles. The van der Waals surface area contributed by atoms with Gasteiger partial charge < -0.3 is 15.0 Å². The number of carbonyl (C=O) groups is 1. The molecule has 6 heteroatoms. The lowest BCUT2D eigenvalue weighted by atomic mass is 9.72. The lowest BCUT2D eigenvalue weighted by Crippen LogP contribution is -2.49. The van der Waals surface area contributed by atoms with Gasteiger partial charge in [0.1, 0.15) is 11.6 Å². The lowest BCUT2D eigenvalue weighted by Gasteiger charge is -2.42. The monoisotopic (exact) mass is 363 g/mol. The maximum Gasteiger partial charge on any atom is 0.266 e. The van der Waals surface area contributed by atoms with Crippen molar-refractivity contribution >= 4 is 5.91 Å². The van der Waals surface area contributed by atoms with E-state index in [1.807, 2.05) is 18.2 Å². The Hall–Kier alpha value is -2.91. The molecule has 1 fully saturated rings. The summed E-state index contributed by atoms with van der Waals surface area (Å²) in [6.45, 7) is 2.69. The van der Waals surface area contributed by atoms with Gasteiger partial charge >= 0.3 is 0 Å². The maximum absolute atomic E-state index is 13.0. The molecule has 1 saturated heterocycles. The molecule has 6 nitrogen and oxygen atoms in total. The summed E-state index contributed by atoms with van der Waals surface area (Å²) in [7, 11) is 0. The number of benzene rings is 1. The molecular weight excluding hydrogens is 342 g/mol. The van der Waals surface area contributed by atoms with Crippen LogP contribution in [0.5, 0.6) is 0 Å². The number of aliphatic hydroxyl groups excluding tert-OH is 1. The number of piperidine rings is 1. The van der Waals surface area contributed by atoms with Crippen LogP contribution in [0, 0.1) is 18.3 Å². The van der Waals surface area contributed by atoms with Gasteiger partial charge in [-0.3, -0.25) is 9.59 Å². The first-order chi connectivity index (χ1) is 13.0. The summed E-state index contributed by atoms with van der Waals surface area (Å²) in [6.07, 6.45) is 3.03. The van der Waals surface area contributed by atoms with Gasteiger partial charge in [0.05, 0.1) is 11.7 Å². The average molecular weight is 363 g/mol. The van der Waals surface area contributed by atoms with Crippen molar-refractivity contribution in [3.63, 3.8) is 0 Å². The second kappa shape index (κ2) is 6.36. The number of nitriles is 1. The SMILES string of the molecule is Cc1c(C(=O)N2CCC3(CC2)c2ccccc2C[C@@H]3O)c[nH]c(=O)c1C#N. The summed E-state index contributed by atoms with van der Waals surface area (Å²) in [5.74, 6) is -0.184. The molecule has 1 aromatic carbocycles. The van der Waals surface area contributed by atoms with Crippen molar-refractivity contribution in [1.82, 2.24) is 9.88 Å². The molecule has 0 radical (unpaired) electrons. The molecule has 2 heterocycles. The van der Waals surface area contributed by atoms with E-state index in [-0.39, 0.29) is 16.9 Å². The summed E-state index contributed by atoms with van der Waals surface area (Å²) in [6, 6.07) is 10.0. The minimum absolute atomic E-state index is 0.0190. The van der Waals surface area contributed by atoms with Gasteiger partial charge in [0.15, 0.2) is 0 Å². The Morgan fingerprint density at radius 3 is 2.74 bits per heavy atom. The smallest absolute Gasteiger partial charge is 0.266 e. The molecule has 0 bridgehead atoms. The van der Waals surface area contributed by atoms with Crippen LogP contribution in [0.1, 0.15) is 45.5 Å². The van der Waals surface area contributed by atoms with Gasteiger partial charge in [-0.1, -0.05) is 24.3 Å². The number of aromatic nitrogens is 1. The van der Waals surface area contributed by atoms with Gasteiger partial charge in [-0.2, -0.15) is 5.26 Å². The van der Waals surface area contributed by atoms with E-state index in [2.05, 4.69) is 17.1 Å². The summed E-state index contributed by atoms with van der Waals surface area (Å²) in [5, 5.41) is 19.9. The highest BCUT2D eigenvalue weighted by Gasteiger charge is 2.48. The van der Waals surface area contributed by atoms with Gasteiger partial charge in [-0.05, 0) is 42.9 Å². The van der Waals surface area contributed by atoms with Crippen LogP contribution >= 0.6 is 0 Å². The zero-order chi connectivity index (χ0) is 19.2. The third-order valence-electron chi connectivity index (χ3n) is 6.24. The molecule has 138 valence electrons. The fraction of sp³-hybridized carbons (Fsp3) is 0.381. The number of likely N-dealkylation sites (tertiary alicyclic amines) is 1. The van der Waals surface area contributed by atoms with Crippen molar-refractivity contribution in [2.24, 2.45) is 0 Å². The lowest BCUT2D eigenvalue weighted by molar-refractivity contribution is 0.0365. The van der Waals surface area contributed by atoms with Gasteiger partial charge in [0.2, 0.25) is 0 Å². The second-order valence-corrected chi connectivity index (χ2v) is 7.47. The number of pyridine rings is 1. The van der Waals surface area contributed by atoms with Crippen LogP contribution in [-0.2, 0) is 11.8 Å². The summed E-state index contributed by atoms with van der Waals surface area (Å²) in [5.41, 5.74) is 2.39. The Bertz CT molecular complexity index is 1010. The molecular formula is C21H21N3O3. The third kappa shape index (κ3) is 2.58. The van der Waals surface area contributed by atoms with E-state index in [0.29, 0.717) is 43.5 Å². The average Bonchev–Trinajstić information content (AvgIpc) is 2.94. The molecule has 27 heavy (non-hydrogen) atoms. The Morgan fingerprint density at radius 2 is 2.04 bits per heavy atom. The first-order valence-electron chi connectivity index (χ1n) is 9.16. The fourth-order valence-corrected chi connectivity index (χ4v) is 4.63. The topological polar surface area (TPSA) is 97.2 Å². The quantitative estimate of drug-likeness (QED) is 0.805. The molecule has 1 aliphatic carbocycles. The van der Waals surface area contributed by atoms with Crippen LogP contribution in [0.2, 0.25) is 0 Å². The van der Waals surface area contributed by atoms with E-state index in [0.717, 1.165) is 0 Å². The fourth-order valence-electron chi connectivity index (χ4n) is 4.63. The number of aromatic amines is 1. The summed E-state index contributed by atoms with van der Waals surface area (Å²) < 4.78 is 0. The van der Waals surface area contributed by atoms with Crippen molar-refractivity contribution < 1.29 is 9.90 Å². The Labute approximate surface area is 157 Å². The Morgan fingerprint density at radius 1 is 1.33 bits per heavy atom. The van der Waals surface area contributed by atoms with Crippen molar-refractivity contribution in [1.29, 1.82) is 5.26 Å². The number of fused-ring (bicyclic) bond motifs is 2. The predicted molar refractivity (Wildman–Crippen MR) is 99.5 cm³/mol. The van der Waals surface area contributed by atoms with E-state index < -0.39 is 11.7 Å². The van der Waals surface area contributed by atoms with Crippen LogP contribution in [0.4, 0.5) is 0 Å². The van der Waals surface area contributed by atoms with Crippen LogP contribution in [0.3, 0.4) is 0 Å². The van der Waals surface area contributed by atoms with E-state index in [9.17, 15) is 14.7 Å². The van der Waals surface area contributed by atoms with Gasteiger partial charge in [0, 0.05) is 24.7 Å². The molecule has 0 unspecified atom stereocenters. The number of carbonyl (C=O) groups excluding carboxylic acids is 1. The first kappa shape index (κ1) is 17.5. The molecule has 1 aliphatic heterocycles. The predicted octanol–water partition coefficient (Wildman–Crippen LogP) is 1.65. The van der Waals surface area contributed by atoms with Crippen LogP contribution in [-0.4, -0.2) is 40.1 Å². The molecule has 2 aromatic rings. The van der Waals surface area contributed by atoms with Crippen molar-refractivity contribution in [3.05, 3.63) is 68.6 Å². The van der Waals surface area contributed by atoms with E-state index >= 15 is 0 Å². The van der Waals surface area contributed by atoms with Crippen molar-refractivity contribution in [2.75, 3.05) is 13.1 Å². The van der Waals surface area contributed by atoms with Crippen LogP contribution in [0.25, 0.3) is 0 Å². The number of nitrogens with zero attached hydrogens (tertiary/aromatic N) is 2. The molecule has 1 spiro atoms. The molecule has 1 amide bonds. The highest BCUT2D eigenvalue weighted by Crippen LogP contribution is 2.46. The minimum atomic E-state index is -0.477. The number of nitrogens with one attached hydrogen (secondary N) is 1. The number of aliphatic hydroxyl groups is 1. The largest absolute Gasteiger partial charge is 0.392 e. The Kier molecular flexibility index (Phi) is 4.12. The standard InChI is InChI=1S/C21H21N3O3/c1-13-15(11-22)19(26)23-12-16(13)20(27)24-8-6-21(7-9-24)17-5-3-2-4-14(17)10-18(21)25/h2-5,12,18,25H,6-10H2,1H3,(H,23,26)/t18-/m0/s1. The van der Waals surface area contributed by atoms with Crippen molar-refractivity contribution in [2.45, 2.75) is 37.7 Å². The van der Waals surface area contributed by atoms with Gasteiger partial charge in [-0.25, -0.2) is 0 Å². The first-order valence-corrected chi connectivity index (χ1v) is 9.16. The number of H-pyrrole nitrogens is 1. The number of rotatable bonds is 1. The maximum atomic E-state index is 13.0. The zero-order valence-corrected chi connectivity index (χ0v) is 15.2. The summed E-state index contributed by atoms with van der Waals surface area (Å²) >= 11 is 0. The summed E-state index contributed by atoms with van der Waals surface area (Å²) in [4.78, 5) is 28.9. The molecule has 1 aromatic heterocycles. The molecule has 1 atom stereocenters. The van der Waals surface area contributed by atoms with E-state index in [1.165, 1.54) is 17.3 Å².